The molecule has 2 heteroatoms. The molecule has 0 saturated carbocycles. The van der Waals surface area contributed by atoms with Crippen molar-refractivity contribution in [3.8, 4) is 0 Å². The van der Waals surface area contributed by atoms with Crippen LogP contribution >= 0.6 is 0 Å². The molecule has 2 rings (SSSR count). The molecule has 0 aliphatic heterocycles. The SMILES string of the molecule is CNC(CCC(C)(C)OC)C1Cc2ccccc21. The Labute approximate surface area is 111 Å². The van der Waals surface area contributed by atoms with Gasteiger partial charge < -0.3 is 10.1 Å². The maximum atomic E-state index is 5.51. The summed E-state index contributed by atoms with van der Waals surface area (Å²) in [7, 11) is 3.87. The zero-order chi connectivity index (χ0) is 13.2. The Balaban J connectivity index is 1.96. The van der Waals surface area contributed by atoms with E-state index in [4.69, 9.17) is 4.74 Å². The highest BCUT2D eigenvalue weighted by Gasteiger charge is 2.32. The molecule has 1 aromatic carbocycles. The Morgan fingerprint density at radius 2 is 2.11 bits per heavy atom. The third-order valence-electron chi connectivity index (χ3n) is 4.36. The minimum absolute atomic E-state index is 0.0155. The van der Waals surface area contributed by atoms with Crippen LogP contribution in [0.15, 0.2) is 24.3 Å². The number of hydrogen-bond acceptors (Lipinski definition) is 2. The number of likely N-dealkylation sites (N-methyl/N-ethyl adjacent to an activating group) is 1. The Hall–Kier alpha value is -0.860. The van der Waals surface area contributed by atoms with Gasteiger partial charge in [0, 0.05) is 19.1 Å². The van der Waals surface area contributed by atoms with Crippen molar-refractivity contribution in [1.82, 2.24) is 5.32 Å². The van der Waals surface area contributed by atoms with E-state index in [9.17, 15) is 0 Å². The van der Waals surface area contributed by atoms with E-state index in [2.05, 4.69) is 50.5 Å². The molecular weight excluding hydrogens is 222 g/mol. The number of fused-ring (bicyclic) bond motifs is 1. The van der Waals surface area contributed by atoms with Crippen LogP contribution in [0.1, 0.15) is 43.7 Å². The number of benzene rings is 1. The van der Waals surface area contributed by atoms with Crippen molar-refractivity contribution in [2.75, 3.05) is 14.2 Å². The van der Waals surface area contributed by atoms with Crippen molar-refractivity contribution in [3.63, 3.8) is 0 Å². The molecule has 0 saturated heterocycles. The number of hydrogen-bond donors (Lipinski definition) is 1. The zero-order valence-corrected chi connectivity index (χ0v) is 12.0. The summed E-state index contributed by atoms with van der Waals surface area (Å²) >= 11 is 0. The lowest BCUT2D eigenvalue weighted by molar-refractivity contribution is 0.0110. The average Bonchev–Trinajstić information content (AvgIpc) is 2.35. The van der Waals surface area contributed by atoms with Crippen LogP contribution < -0.4 is 5.32 Å². The van der Waals surface area contributed by atoms with Crippen LogP contribution in [0.3, 0.4) is 0 Å². The smallest absolute Gasteiger partial charge is 0.0623 e. The molecule has 0 radical (unpaired) electrons. The topological polar surface area (TPSA) is 21.3 Å². The molecule has 0 fully saturated rings. The first-order chi connectivity index (χ1) is 8.57. The molecule has 1 aliphatic carbocycles. The van der Waals surface area contributed by atoms with Gasteiger partial charge in [-0.05, 0) is 51.3 Å². The molecule has 0 amide bonds. The molecule has 0 heterocycles. The lowest BCUT2D eigenvalue weighted by atomic mass is 9.72. The monoisotopic (exact) mass is 247 g/mol. The number of methoxy groups -OCH3 is 1. The molecule has 100 valence electrons. The van der Waals surface area contributed by atoms with Gasteiger partial charge in [-0.2, -0.15) is 0 Å². The summed E-state index contributed by atoms with van der Waals surface area (Å²) in [6.07, 6.45) is 3.47. The third kappa shape index (κ3) is 2.76. The lowest BCUT2D eigenvalue weighted by Crippen LogP contribution is -2.39. The summed E-state index contributed by atoms with van der Waals surface area (Å²) in [6.45, 7) is 4.32. The summed E-state index contributed by atoms with van der Waals surface area (Å²) < 4.78 is 5.51. The predicted octanol–water partition coefficient (Wildman–Crippen LogP) is 3.12. The quantitative estimate of drug-likeness (QED) is 0.834. The van der Waals surface area contributed by atoms with Crippen molar-refractivity contribution >= 4 is 0 Å². The molecule has 2 unspecified atom stereocenters. The Bertz CT molecular complexity index is 400. The molecule has 1 aliphatic rings. The molecule has 0 bridgehead atoms. The van der Waals surface area contributed by atoms with Gasteiger partial charge in [0.15, 0.2) is 0 Å². The number of rotatable bonds is 6. The van der Waals surface area contributed by atoms with Crippen molar-refractivity contribution in [2.45, 2.75) is 50.7 Å². The van der Waals surface area contributed by atoms with Gasteiger partial charge in [0.2, 0.25) is 0 Å². The van der Waals surface area contributed by atoms with Gasteiger partial charge in [-0.3, -0.25) is 0 Å². The normalized spacial score (nSPS) is 20.1. The molecule has 18 heavy (non-hydrogen) atoms. The van der Waals surface area contributed by atoms with Gasteiger partial charge in [-0.1, -0.05) is 24.3 Å². The van der Waals surface area contributed by atoms with Crippen LogP contribution in [0.2, 0.25) is 0 Å². The second-order valence-corrected chi connectivity index (χ2v) is 5.91. The minimum Gasteiger partial charge on any atom is -0.379 e. The Morgan fingerprint density at radius 3 is 2.72 bits per heavy atom. The van der Waals surface area contributed by atoms with Crippen LogP contribution in [0.5, 0.6) is 0 Å². The van der Waals surface area contributed by atoms with E-state index in [-0.39, 0.29) is 5.60 Å². The highest BCUT2D eigenvalue weighted by molar-refractivity contribution is 5.41. The van der Waals surface area contributed by atoms with Crippen LogP contribution in [0, 0.1) is 0 Å². The van der Waals surface area contributed by atoms with E-state index < -0.39 is 0 Å². The summed E-state index contributed by atoms with van der Waals surface area (Å²) in [6, 6.07) is 9.37. The predicted molar refractivity (Wildman–Crippen MR) is 76.1 cm³/mol. The summed E-state index contributed by atoms with van der Waals surface area (Å²) in [4.78, 5) is 0. The maximum absolute atomic E-state index is 5.51. The fourth-order valence-electron chi connectivity index (χ4n) is 2.81. The fourth-order valence-corrected chi connectivity index (χ4v) is 2.81. The van der Waals surface area contributed by atoms with E-state index in [1.807, 2.05) is 0 Å². The highest BCUT2D eigenvalue weighted by Crippen LogP contribution is 2.39. The largest absolute Gasteiger partial charge is 0.379 e. The van der Waals surface area contributed by atoms with Crippen molar-refractivity contribution in [2.24, 2.45) is 0 Å². The molecule has 2 nitrogen and oxygen atoms in total. The van der Waals surface area contributed by atoms with Gasteiger partial charge in [-0.25, -0.2) is 0 Å². The standard InChI is InChI=1S/C16H25NO/c1-16(2,18-4)10-9-15(17-3)14-11-12-7-5-6-8-13(12)14/h5-8,14-15,17H,9-11H2,1-4H3. The Kier molecular flexibility index (Phi) is 4.08. The summed E-state index contributed by atoms with van der Waals surface area (Å²) in [5, 5.41) is 3.49. The first-order valence-electron chi connectivity index (χ1n) is 6.87. The first-order valence-corrected chi connectivity index (χ1v) is 6.87. The van der Waals surface area contributed by atoms with Gasteiger partial charge in [0.1, 0.15) is 0 Å². The van der Waals surface area contributed by atoms with Crippen LogP contribution in [0.25, 0.3) is 0 Å². The first kappa shape index (κ1) is 13.6. The van der Waals surface area contributed by atoms with E-state index in [0.29, 0.717) is 12.0 Å². The minimum atomic E-state index is -0.0155. The number of ether oxygens (including phenoxy) is 1. The molecule has 0 spiro atoms. The van der Waals surface area contributed by atoms with Crippen molar-refractivity contribution in [3.05, 3.63) is 35.4 Å². The second kappa shape index (κ2) is 5.41. The molecule has 1 aromatic rings. The second-order valence-electron chi connectivity index (χ2n) is 5.91. The molecule has 1 N–H and O–H groups in total. The van der Waals surface area contributed by atoms with Gasteiger partial charge in [0.25, 0.3) is 0 Å². The van der Waals surface area contributed by atoms with Crippen LogP contribution in [-0.2, 0) is 11.2 Å². The summed E-state index contributed by atoms with van der Waals surface area (Å²) in [5.41, 5.74) is 3.04. The number of nitrogens with one attached hydrogen (secondary N) is 1. The van der Waals surface area contributed by atoms with E-state index in [1.54, 1.807) is 7.11 Å². The molecular formula is C16H25NO. The third-order valence-corrected chi connectivity index (χ3v) is 4.36. The van der Waals surface area contributed by atoms with Crippen molar-refractivity contribution in [1.29, 1.82) is 0 Å². The Morgan fingerprint density at radius 1 is 1.39 bits per heavy atom. The van der Waals surface area contributed by atoms with Crippen LogP contribution in [-0.4, -0.2) is 25.8 Å². The highest BCUT2D eigenvalue weighted by atomic mass is 16.5. The van der Waals surface area contributed by atoms with E-state index in [0.717, 1.165) is 12.8 Å². The molecule has 2 atom stereocenters. The van der Waals surface area contributed by atoms with E-state index in [1.165, 1.54) is 17.5 Å². The fraction of sp³-hybridized carbons (Fsp3) is 0.625. The zero-order valence-electron chi connectivity index (χ0n) is 12.0. The van der Waals surface area contributed by atoms with Crippen LogP contribution in [0.4, 0.5) is 0 Å². The molecule has 0 aromatic heterocycles. The lowest BCUT2D eigenvalue weighted by Gasteiger charge is -2.37. The maximum Gasteiger partial charge on any atom is 0.0623 e. The summed E-state index contributed by atoms with van der Waals surface area (Å²) in [5.74, 6) is 0.679. The van der Waals surface area contributed by atoms with Gasteiger partial charge >= 0.3 is 0 Å². The van der Waals surface area contributed by atoms with E-state index >= 15 is 0 Å². The van der Waals surface area contributed by atoms with Gasteiger partial charge in [0.05, 0.1) is 5.60 Å². The van der Waals surface area contributed by atoms with Crippen molar-refractivity contribution < 1.29 is 4.74 Å². The average molecular weight is 247 g/mol. The van der Waals surface area contributed by atoms with Gasteiger partial charge in [-0.15, -0.1) is 0 Å².